The van der Waals surface area contributed by atoms with Crippen LogP contribution in [0.5, 0.6) is 0 Å². The molecular formula is C8H20LiN. The zero-order valence-corrected chi connectivity index (χ0v) is 7.98. The van der Waals surface area contributed by atoms with E-state index < -0.39 is 0 Å². The first-order chi connectivity index (χ1) is 4.35. The Morgan fingerprint density at radius 3 is 1.60 bits per heavy atom. The Morgan fingerprint density at radius 1 is 1.00 bits per heavy atom. The SMILES string of the molecule is CCCN(CC)CCC.[H-].[Li+]. The van der Waals surface area contributed by atoms with Gasteiger partial charge >= 0.3 is 18.9 Å². The Labute approximate surface area is 78.8 Å². The Kier molecular flexibility index (Phi) is 12.6. The van der Waals surface area contributed by atoms with E-state index in [1.165, 1.54) is 32.5 Å². The predicted molar refractivity (Wildman–Crippen MR) is 43.8 cm³/mol. The van der Waals surface area contributed by atoms with E-state index in [1.807, 2.05) is 0 Å². The van der Waals surface area contributed by atoms with Gasteiger partial charge in [-0.05, 0) is 32.5 Å². The van der Waals surface area contributed by atoms with Gasteiger partial charge in [-0.25, -0.2) is 0 Å². The van der Waals surface area contributed by atoms with Crippen LogP contribution in [-0.4, -0.2) is 24.5 Å². The minimum Gasteiger partial charge on any atom is -1.00 e. The van der Waals surface area contributed by atoms with Crippen molar-refractivity contribution in [2.45, 2.75) is 33.6 Å². The molecule has 1 nitrogen and oxygen atoms in total. The van der Waals surface area contributed by atoms with Crippen molar-refractivity contribution in [2.75, 3.05) is 19.6 Å². The molecule has 0 heterocycles. The van der Waals surface area contributed by atoms with Crippen molar-refractivity contribution in [2.24, 2.45) is 0 Å². The molecule has 0 aliphatic rings. The van der Waals surface area contributed by atoms with Crippen LogP contribution in [0.1, 0.15) is 35.0 Å². The average Bonchev–Trinajstić information content (AvgIpc) is 1.88. The molecule has 0 amide bonds. The molecule has 0 saturated heterocycles. The molecule has 0 atom stereocenters. The third-order valence-electron chi connectivity index (χ3n) is 1.53. The zero-order chi connectivity index (χ0) is 7.11. The molecule has 0 rings (SSSR count). The van der Waals surface area contributed by atoms with Crippen molar-refractivity contribution in [3.8, 4) is 0 Å². The Hall–Kier alpha value is 0.557. The van der Waals surface area contributed by atoms with Crippen LogP contribution in [0.2, 0.25) is 0 Å². The number of nitrogens with zero attached hydrogens (tertiary/aromatic N) is 1. The van der Waals surface area contributed by atoms with E-state index >= 15 is 0 Å². The summed E-state index contributed by atoms with van der Waals surface area (Å²) < 4.78 is 0. The molecule has 10 heavy (non-hydrogen) atoms. The average molecular weight is 137 g/mol. The fraction of sp³-hybridized carbons (Fsp3) is 1.00. The van der Waals surface area contributed by atoms with Crippen LogP contribution in [0.4, 0.5) is 0 Å². The van der Waals surface area contributed by atoms with Crippen molar-refractivity contribution < 1.29 is 20.3 Å². The predicted octanol–water partition coefficient (Wildman–Crippen LogP) is -0.755. The molecule has 0 aromatic rings. The van der Waals surface area contributed by atoms with E-state index in [2.05, 4.69) is 25.7 Å². The van der Waals surface area contributed by atoms with Crippen LogP contribution in [0, 0.1) is 0 Å². The summed E-state index contributed by atoms with van der Waals surface area (Å²) in [5, 5.41) is 0. The topological polar surface area (TPSA) is 3.24 Å². The van der Waals surface area contributed by atoms with Crippen molar-refractivity contribution in [1.82, 2.24) is 4.90 Å². The van der Waals surface area contributed by atoms with Crippen molar-refractivity contribution in [1.29, 1.82) is 0 Å². The van der Waals surface area contributed by atoms with Crippen molar-refractivity contribution >= 4 is 0 Å². The van der Waals surface area contributed by atoms with Gasteiger partial charge in [-0.2, -0.15) is 0 Å². The Morgan fingerprint density at radius 2 is 1.40 bits per heavy atom. The second-order valence-electron chi connectivity index (χ2n) is 2.43. The van der Waals surface area contributed by atoms with Crippen molar-refractivity contribution in [3.05, 3.63) is 0 Å². The van der Waals surface area contributed by atoms with Gasteiger partial charge in [-0.3, -0.25) is 0 Å². The first-order valence-electron chi connectivity index (χ1n) is 4.07. The molecule has 0 radical (unpaired) electrons. The standard InChI is InChI=1S/C8H19N.Li.H/c1-4-7-9(6-3)8-5-2;;/h4-8H2,1-3H3;;/q;+1;-1. The smallest absolute Gasteiger partial charge is 1.00 e. The normalized spacial score (nSPS) is 9.60. The van der Waals surface area contributed by atoms with Gasteiger partial charge in [-0.1, -0.05) is 20.8 Å². The van der Waals surface area contributed by atoms with E-state index in [0.29, 0.717) is 0 Å². The molecule has 0 aromatic heterocycles. The Balaban J connectivity index is -0.000000320. The molecule has 0 bridgehead atoms. The van der Waals surface area contributed by atoms with Crippen LogP contribution >= 0.6 is 0 Å². The van der Waals surface area contributed by atoms with Crippen LogP contribution in [0.3, 0.4) is 0 Å². The van der Waals surface area contributed by atoms with Gasteiger partial charge in [0.05, 0.1) is 0 Å². The van der Waals surface area contributed by atoms with E-state index in [1.54, 1.807) is 0 Å². The van der Waals surface area contributed by atoms with Crippen LogP contribution < -0.4 is 18.9 Å². The summed E-state index contributed by atoms with van der Waals surface area (Å²) in [4.78, 5) is 2.49. The maximum absolute atomic E-state index is 2.49. The summed E-state index contributed by atoms with van der Waals surface area (Å²) in [6.45, 7) is 10.4. The summed E-state index contributed by atoms with van der Waals surface area (Å²) in [6, 6.07) is 0. The maximum atomic E-state index is 2.49. The van der Waals surface area contributed by atoms with Gasteiger partial charge < -0.3 is 6.33 Å². The number of hydrogen-bond acceptors (Lipinski definition) is 1. The van der Waals surface area contributed by atoms with Crippen LogP contribution in [-0.2, 0) is 0 Å². The molecule has 2 heteroatoms. The molecule has 0 aromatic carbocycles. The fourth-order valence-electron chi connectivity index (χ4n) is 1.06. The summed E-state index contributed by atoms with van der Waals surface area (Å²) >= 11 is 0. The van der Waals surface area contributed by atoms with Crippen LogP contribution in [0.15, 0.2) is 0 Å². The molecular weight excluding hydrogens is 117 g/mol. The fourth-order valence-corrected chi connectivity index (χ4v) is 1.06. The largest absolute Gasteiger partial charge is 1.00 e. The second-order valence-corrected chi connectivity index (χ2v) is 2.43. The third kappa shape index (κ3) is 6.67. The van der Waals surface area contributed by atoms with Gasteiger partial charge in [0.2, 0.25) is 0 Å². The number of hydrogen-bond donors (Lipinski definition) is 0. The van der Waals surface area contributed by atoms with E-state index in [9.17, 15) is 0 Å². The van der Waals surface area contributed by atoms with Gasteiger partial charge in [0.25, 0.3) is 0 Å². The van der Waals surface area contributed by atoms with Gasteiger partial charge in [-0.15, -0.1) is 0 Å². The summed E-state index contributed by atoms with van der Waals surface area (Å²) in [7, 11) is 0. The third-order valence-corrected chi connectivity index (χ3v) is 1.53. The van der Waals surface area contributed by atoms with Gasteiger partial charge in [0, 0.05) is 0 Å². The molecule has 0 spiro atoms. The van der Waals surface area contributed by atoms with Gasteiger partial charge in [0.1, 0.15) is 0 Å². The second kappa shape index (κ2) is 9.56. The quantitative estimate of drug-likeness (QED) is 0.450. The zero-order valence-electron chi connectivity index (χ0n) is 8.98. The minimum atomic E-state index is 0. The van der Waals surface area contributed by atoms with Crippen molar-refractivity contribution in [3.63, 3.8) is 0 Å². The number of rotatable bonds is 5. The monoisotopic (exact) mass is 137 g/mol. The molecule has 0 aliphatic carbocycles. The molecule has 0 N–H and O–H groups in total. The molecule has 58 valence electrons. The maximum Gasteiger partial charge on any atom is 1.00 e. The van der Waals surface area contributed by atoms with E-state index in [4.69, 9.17) is 0 Å². The van der Waals surface area contributed by atoms with Gasteiger partial charge in [0.15, 0.2) is 0 Å². The first kappa shape index (κ1) is 13.2. The van der Waals surface area contributed by atoms with E-state index in [0.717, 1.165) is 0 Å². The Bertz CT molecular complexity index is 56.1. The van der Waals surface area contributed by atoms with Crippen LogP contribution in [0.25, 0.3) is 0 Å². The summed E-state index contributed by atoms with van der Waals surface area (Å²) in [5.41, 5.74) is 0. The van der Waals surface area contributed by atoms with E-state index in [-0.39, 0.29) is 20.3 Å². The molecule has 0 fully saturated rings. The summed E-state index contributed by atoms with van der Waals surface area (Å²) in [5.74, 6) is 0. The first-order valence-corrected chi connectivity index (χ1v) is 4.07. The molecule has 0 saturated carbocycles. The summed E-state index contributed by atoms with van der Waals surface area (Å²) in [6.07, 6.45) is 2.57. The molecule has 0 unspecified atom stereocenters. The molecule has 0 aliphatic heterocycles. The minimum absolute atomic E-state index is 0.